The van der Waals surface area contributed by atoms with Gasteiger partial charge in [0.2, 0.25) is 0 Å². The molecule has 176 valence electrons. The number of carbonyl (C=O) groups excluding carboxylic acids is 1. The Kier molecular flexibility index (Phi) is 6.38. The second kappa shape index (κ2) is 8.62. The highest BCUT2D eigenvalue weighted by Gasteiger charge is 2.42. The Morgan fingerprint density at radius 2 is 1.52 bits per heavy atom. The Hall–Kier alpha value is -3.21. The topological polar surface area (TPSA) is 56.1 Å². The number of hydrogen-bond donors (Lipinski definition) is 1. The number of hydrogen-bond acceptors (Lipinski definition) is 3. The van der Waals surface area contributed by atoms with Gasteiger partial charge in [0.05, 0.1) is 5.69 Å². The van der Waals surface area contributed by atoms with Gasteiger partial charge >= 0.3 is 12.4 Å². The monoisotopic (exact) mass is 491 g/mol. The number of rotatable bonds is 5. The standard InChI is InChI=1S/C21H16ClF6N3O2/c1-19(2,33-15-9-3-12(22)4-10-15)18(32)29-13-5-7-14(8-6-13)31-17(21(26,27)28)11-16(30-31)20(23,24)25/h3-11H,1-2H3,(H,29,32). The Morgan fingerprint density at radius 1 is 0.939 bits per heavy atom. The second-order valence-electron chi connectivity index (χ2n) is 7.39. The molecule has 0 saturated carbocycles. The summed E-state index contributed by atoms with van der Waals surface area (Å²) >= 11 is 5.81. The molecule has 0 unspecified atom stereocenters. The van der Waals surface area contributed by atoms with E-state index < -0.39 is 35.2 Å². The lowest BCUT2D eigenvalue weighted by atomic mass is 10.1. The first-order chi connectivity index (χ1) is 15.2. The van der Waals surface area contributed by atoms with E-state index >= 15 is 0 Å². The largest absolute Gasteiger partial charge is 0.478 e. The third-order valence-corrected chi connectivity index (χ3v) is 4.65. The van der Waals surface area contributed by atoms with Gasteiger partial charge in [0, 0.05) is 16.8 Å². The normalized spacial score (nSPS) is 12.5. The van der Waals surface area contributed by atoms with Gasteiger partial charge in [0.1, 0.15) is 11.4 Å². The minimum absolute atomic E-state index is 0.0632. The summed E-state index contributed by atoms with van der Waals surface area (Å²) in [6, 6.07) is 10.9. The molecule has 0 fully saturated rings. The highest BCUT2D eigenvalue weighted by Crippen LogP contribution is 2.36. The van der Waals surface area contributed by atoms with E-state index in [0.717, 1.165) is 12.1 Å². The van der Waals surface area contributed by atoms with E-state index in [2.05, 4.69) is 10.4 Å². The molecule has 1 N–H and O–H groups in total. The van der Waals surface area contributed by atoms with Crippen molar-refractivity contribution in [2.75, 3.05) is 5.32 Å². The molecule has 33 heavy (non-hydrogen) atoms. The predicted octanol–water partition coefficient (Wildman–Crippen LogP) is 6.36. The number of carbonyl (C=O) groups is 1. The number of amides is 1. The van der Waals surface area contributed by atoms with Crippen molar-refractivity contribution in [1.82, 2.24) is 9.78 Å². The van der Waals surface area contributed by atoms with Crippen LogP contribution in [-0.4, -0.2) is 21.3 Å². The van der Waals surface area contributed by atoms with Crippen LogP contribution in [0.25, 0.3) is 5.69 Å². The Balaban J connectivity index is 1.80. The Bertz CT molecular complexity index is 1140. The number of ether oxygens (including phenoxy) is 1. The molecule has 1 amide bonds. The number of aromatic nitrogens is 2. The van der Waals surface area contributed by atoms with Crippen molar-refractivity contribution < 1.29 is 35.9 Å². The zero-order chi connectivity index (χ0) is 24.6. The van der Waals surface area contributed by atoms with Crippen molar-refractivity contribution in [1.29, 1.82) is 0 Å². The predicted molar refractivity (Wildman–Crippen MR) is 108 cm³/mol. The van der Waals surface area contributed by atoms with Crippen LogP contribution in [0.2, 0.25) is 5.02 Å². The molecule has 0 atom stereocenters. The molecule has 0 saturated heterocycles. The molecule has 0 aliphatic carbocycles. The Morgan fingerprint density at radius 3 is 2.03 bits per heavy atom. The van der Waals surface area contributed by atoms with E-state index in [1.165, 1.54) is 26.0 Å². The molecule has 3 aromatic rings. The lowest BCUT2D eigenvalue weighted by molar-refractivity contribution is -0.143. The first-order valence-electron chi connectivity index (χ1n) is 9.28. The summed E-state index contributed by atoms with van der Waals surface area (Å²) in [5.41, 5.74) is -4.67. The van der Waals surface area contributed by atoms with Crippen LogP contribution in [0.15, 0.2) is 54.6 Å². The third kappa shape index (κ3) is 5.78. The molecule has 1 aromatic heterocycles. The number of nitrogens with zero attached hydrogens (tertiary/aromatic N) is 2. The number of halogens is 7. The maximum Gasteiger partial charge on any atom is 0.435 e. The van der Waals surface area contributed by atoms with E-state index in [9.17, 15) is 31.1 Å². The smallest absolute Gasteiger partial charge is 0.435 e. The summed E-state index contributed by atoms with van der Waals surface area (Å²) in [4.78, 5) is 12.6. The van der Waals surface area contributed by atoms with Gasteiger partial charge in [-0.1, -0.05) is 11.6 Å². The van der Waals surface area contributed by atoms with Crippen molar-refractivity contribution in [3.05, 3.63) is 71.0 Å². The minimum atomic E-state index is -5.06. The summed E-state index contributed by atoms with van der Waals surface area (Å²) in [6.45, 7) is 3.01. The first kappa shape index (κ1) is 24.4. The van der Waals surface area contributed by atoms with Crippen LogP contribution < -0.4 is 10.1 Å². The lowest BCUT2D eigenvalue weighted by Gasteiger charge is -2.25. The molecule has 0 aliphatic rings. The fraction of sp³-hybridized carbons (Fsp3) is 0.238. The van der Waals surface area contributed by atoms with Crippen LogP contribution in [0.5, 0.6) is 5.75 Å². The van der Waals surface area contributed by atoms with E-state index in [0.29, 0.717) is 10.8 Å². The number of benzene rings is 2. The second-order valence-corrected chi connectivity index (χ2v) is 7.83. The summed E-state index contributed by atoms with van der Waals surface area (Å²) < 4.78 is 84.1. The number of anilines is 1. The molecule has 1 heterocycles. The average Bonchev–Trinajstić information content (AvgIpc) is 3.17. The van der Waals surface area contributed by atoms with Crippen LogP contribution in [-0.2, 0) is 17.1 Å². The molecule has 2 aromatic carbocycles. The fourth-order valence-electron chi connectivity index (χ4n) is 2.73. The zero-order valence-corrected chi connectivity index (χ0v) is 17.8. The van der Waals surface area contributed by atoms with E-state index in [-0.39, 0.29) is 22.1 Å². The average molecular weight is 492 g/mol. The van der Waals surface area contributed by atoms with Crippen molar-refractivity contribution in [2.24, 2.45) is 0 Å². The van der Waals surface area contributed by atoms with Crippen molar-refractivity contribution in [2.45, 2.75) is 31.8 Å². The van der Waals surface area contributed by atoms with Gasteiger partial charge < -0.3 is 10.1 Å². The van der Waals surface area contributed by atoms with Gasteiger partial charge in [0.15, 0.2) is 11.3 Å². The van der Waals surface area contributed by atoms with Crippen LogP contribution in [0.1, 0.15) is 25.2 Å². The van der Waals surface area contributed by atoms with Gasteiger partial charge in [-0.2, -0.15) is 31.4 Å². The molecule has 12 heteroatoms. The van der Waals surface area contributed by atoms with Gasteiger partial charge in [0.25, 0.3) is 5.91 Å². The maximum atomic E-state index is 13.2. The van der Waals surface area contributed by atoms with Crippen LogP contribution >= 0.6 is 11.6 Å². The molecular formula is C21H16ClF6N3O2. The van der Waals surface area contributed by atoms with Crippen molar-refractivity contribution >= 4 is 23.2 Å². The maximum absolute atomic E-state index is 13.2. The molecule has 0 spiro atoms. The summed E-state index contributed by atoms with van der Waals surface area (Å²) in [5, 5.41) is 6.09. The molecule has 0 aliphatic heterocycles. The van der Waals surface area contributed by atoms with Crippen molar-refractivity contribution in [3.8, 4) is 11.4 Å². The van der Waals surface area contributed by atoms with Gasteiger partial charge in [-0.3, -0.25) is 4.79 Å². The number of alkyl halides is 6. The molecule has 3 rings (SSSR count). The molecular weight excluding hydrogens is 476 g/mol. The SMILES string of the molecule is CC(C)(Oc1ccc(Cl)cc1)C(=O)Nc1ccc(-n2nc(C(F)(F)F)cc2C(F)(F)F)cc1. The van der Waals surface area contributed by atoms with Crippen molar-refractivity contribution in [3.63, 3.8) is 0 Å². The van der Waals surface area contributed by atoms with E-state index in [4.69, 9.17) is 16.3 Å². The van der Waals surface area contributed by atoms with E-state index in [1.807, 2.05) is 0 Å². The van der Waals surface area contributed by atoms with Gasteiger partial charge in [-0.15, -0.1) is 0 Å². The molecule has 0 bridgehead atoms. The molecule has 5 nitrogen and oxygen atoms in total. The minimum Gasteiger partial charge on any atom is -0.478 e. The summed E-state index contributed by atoms with van der Waals surface area (Å²) in [6.07, 6.45) is -10.1. The summed E-state index contributed by atoms with van der Waals surface area (Å²) in [7, 11) is 0. The highest BCUT2D eigenvalue weighted by molar-refractivity contribution is 6.30. The van der Waals surface area contributed by atoms with E-state index in [1.54, 1.807) is 24.3 Å². The quantitative estimate of drug-likeness (QED) is 0.423. The van der Waals surface area contributed by atoms with Crippen LogP contribution in [0.4, 0.5) is 32.0 Å². The van der Waals surface area contributed by atoms with Crippen LogP contribution in [0.3, 0.4) is 0 Å². The summed E-state index contributed by atoms with van der Waals surface area (Å²) in [5.74, 6) is -0.187. The van der Waals surface area contributed by atoms with Gasteiger partial charge in [-0.25, -0.2) is 4.68 Å². The first-order valence-corrected chi connectivity index (χ1v) is 9.65. The zero-order valence-electron chi connectivity index (χ0n) is 17.1. The highest BCUT2D eigenvalue weighted by atomic mass is 35.5. The molecule has 0 radical (unpaired) electrons. The fourth-order valence-corrected chi connectivity index (χ4v) is 2.86. The van der Waals surface area contributed by atoms with Crippen LogP contribution in [0, 0.1) is 0 Å². The number of nitrogens with one attached hydrogen (secondary N) is 1. The van der Waals surface area contributed by atoms with Gasteiger partial charge in [-0.05, 0) is 62.4 Å². The lowest BCUT2D eigenvalue weighted by Crippen LogP contribution is -2.42. The Labute approximate surface area is 188 Å². The third-order valence-electron chi connectivity index (χ3n) is 4.39.